The Balaban J connectivity index is 1.89. The van der Waals surface area contributed by atoms with Gasteiger partial charge in [-0.05, 0) is 36.2 Å². The van der Waals surface area contributed by atoms with Gasteiger partial charge >= 0.3 is 0 Å². The average Bonchev–Trinajstić information content (AvgIpc) is 3.06. The van der Waals surface area contributed by atoms with Crippen LogP contribution in [0.3, 0.4) is 0 Å². The lowest BCUT2D eigenvalue weighted by Gasteiger charge is -2.06. The Morgan fingerprint density at radius 2 is 2.28 bits per heavy atom. The van der Waals surface area contributed by atoms with Crippen molar-refractivity contribution in [2.24, 2.45) is 0 Å². The summed E-state index contributed by atoms with van der Waals surface area (Å²) in [5.74, 6) is -0.475. The van der Waals surface area contributed by atoms with Crippen LogP contribution in [0, 0.1) is 5.82 Å². The predicted octanol–water partition coefficient (Wildman–Crippen LogP) is 3.15. The third kappa shape index (κ3) is 3.21. The van der Waals surface area contributed by atoms with Crippen LogP contribution in [0.1, 0.15) is 30.1 Å². The molecule has 1 aromatic carbocycles. The molecule has 1 fully saturated rings. The molecule has 0 amide bonds. The van der Waals surface area contributed by atoms with Crippen LogP contribution in [0.15, 0.2) is 18.2 Å². The maximum atomic E-state index is 13.5. The smallest absolute Gasteiger partial charge is 0.252 e. The summed E-state index contributed by atoms with van der Waals surface area (Å²) >= 11 is 5.25. The molecule has 1 saturated heterocycles. The van der Waals surface area contributed by atoms with Gasteiger partial charge in [0.25, 0.3) is 5.24 Å². The van der Waals surface area contributed by atoms with Gasteiger partial charge < -0.3 is 9.47 Å². The summed E-state index contributed by atoms with van der Waals surface area (Å²) < 4.78 is 24.2. The number of carbonyl (C=O) groups is 1. The highest BCUT2D eigenvalue weighted by atomic mass is 35.5. The van der Waals surface area contributed by atoms with Crippen molar-refractivity contribution in [3.8, 4) is 5.75 Å². The van der Waals surface area contributed by atoms with Gasteiger partial charge in [-0.15, -0.1) is 0 Å². The molecule has 0 N–H and O–H groups in total. The number of ether oxygens (including phenoxy) is 2. The van der Waals surface area contributed by atoms with Crippen molar-refractivity contribution in [3.05, 3.63) is 29.6 Å². The second kappa shape index (κ2) is 5.67. The second-order valence-corrected chi connectivity index (χ2v) is 4.57. The predicted molar refractivity (Wildman–Crippen MR) is 65.6 cm³/mol. The molecule has 18 heavy (non-hydrogen) atoms. The number of epoxide rings is 1. The summed E-state index contributed by atoms with van der Waals surface area (Å²) in [6.45, 7) is 2.41. The molecular formula is C13H14ClFO3. The zero-order chi connectivity index (χ0) is 13.1. The van der Waals surface area contributed by atoms with Crippen molar-refractivity contribution in [1.82, 2.24) is 0 Å². The summed E-state index contributed by atoms with van der Waals surface area (Å²) in [5.41, 5.74) is 0.119. The molecule has 0 saturated carbocycles. The zero-order valence-corrected chi connectivity index (χ0v) is 10.7. The fourth-order valence-electron chi connectivity index (χ4n) is 1.78. The molecule has 2 rings (SSSR count). The Bertz CT molecular complexity index is 450. The molecule has 0 aromatic heterocycles. The molecule has 0 radical (unpaired) electrons. The van der Waals surface area contributed by atoms with Gasteiger partial charge in [0.2, 0.25) is 0 Å². The molecule has 1 aliphatic rings. The summed E-state index contributed by atoms with van der Waals surface area (Å²) in [7, 11) is 0. The van der Waals surface area contributed by atoms with Crippen molar-refractivity contribution in [2.45, 2.75) is 32.0 Å². The molecule has 1 heterocycles. The summed E-state index contributed by atoms with van der Waals surface area (Å²) in [5, 5.41) is -0.686. The standard InChI is InChI=1S/C13H14ClFO3/c1-2-3-11-12(18-11)7-17-10-5-4-8(13(14)16)6-9(10)15/h4-6,11-12H,2-3,7H2,1H3/t11-,12-/m0/s1. The van der Waals surface area contributed by atoms with Crippen LogP contribution in [0.2, 0.25) is 0 Å². The Labute approximate surface area is 110 Å². The minimum absolute atomic E-state index is 0.0543. The number of hydrogen-bond acceptors (Lipinski definition) is 3. The largest absolute Gasteiger partial charge is 0.488 e. The highest BCUT2D eigenvalue weighted by Crippen LogP contribution is 2.28. The molecule has 0 aliphatic carbocycles. The molecule has 0 unspecified atom stereocenters. The Morgan fingerprint density at radius 1 is 1.50 bits per heavy atom. The lowest BCUT2D eigenvalue weighted by atomic mass is 10.2. The normalized spacial score (nSPS) is 21.7. The third-order valence-corrected chi connectivity index (χ3v) is 3.04. The van der Waals surface area contributed by atoms with E-state index >= 15 is 0 Å². The van der Waals surface area contributed by atoms with E-state index in [4.69, 9.17) is 21.1 Å². The quantitative estimate of drug-likeness (QED) is 0.590. The van der Waals surface area contributed by atoms with Crippen molar-refractivity contribution < 1.29 is 18.7 Å². The third-order valence-electron chi connectivity index (χ3n) is 2.82. The minimum atomic E-state index is -0.686. The van der Waals surface area contributed by atoms with Crippen molar-refractivity contribution in [2.75, 3.05) is 6.61 Å². The molecule has 0 spiro atoms. The molecule has 3 nitrogen and oxygen atoms in total. The van der Waals surface area contributed by atoms with Crippen LogP contribution < -0.4 is 4.74 Å². The van der Waals surface area contributed by atoms with Gasteiger partial charge in [-0.3, -0.25) is 4.79 Å². The van der Waals surface area contributed by atoms with Crippen molar-refractivity contribution in [1.29, 1.82) is 0 Å². The van der Waals surface area contributed by atoms with Gasteiger partial charge in [-0.1, -0.05) is 13.3 Å². The number of carbonyl (C=O) groups excluding carboxylic acids is 1. The number of benzene rings is 1. The maximum Gasteiger partial charge on any atom is 0.252 e. The molecule has 1 aliphatic heterocycles. The lowest BCUT2D eigenvalue weighted by Crippen LogP contribution is -2.08. The van der Waals surface area contributed by atoms with Gasteiger partial charge in [-0.25, -0.2) is 4.39 Å². The summed E-state index contributed by atoms with van der Waals surface area (Å²) in [6, 6.07) is 3.91. The van der Waals surface area contributed by atoms with Crippen molar-refractivity contribution >= 4 is 16.8 Å². The van der Waals surface area contributed by atoms with Crippen molar-refractivity contribution in [3.63, 3.8) is 0 Å². The topological polar surface area (TPSA) is 38.8 Å². The second-order valence-electron chi connectivity index (χ2n) is 4.23. The number of halogens is 2. The van der Waals surface area contributed by atoms with Gasteiger partial charge in [0.05, 0.1) is 6.10 Å². The van der Waals surface area contributed by atoms with E-state index in [2.05, 4.69) is 6.92 Å². The van der Waals surface area contributed by atoms with Crippen LogP contribution in [0.4, 0.5) is 4.39 Å². The van der Waals surface area contributed by atoms with E-state index in [0.717, 1.165) is 18.9 Å². The Hall–Kier alpha value is -1.13. The van der Waals surface area contributed by atoms with E-state index in [1.807, 2.05) is 0 Å². The first-order valence-corrected chi connectivity index (χ1v) is 6.27. The molecule has 0 bridgehead atoms. The van der Waals surface area contributed by atoms with Crippen LogP contribution in [-0.2, 0) is 4.74 Å². The molecule has 2 atom stereocenters. The molecular weight excluding hydrogens is 259 g/mol. The van der Waals surface area contributed by atoms with Gasteiger partial charge in [0.1, 0.15) is 12.7 Å². The molecule has 1 aromatic rings. The minimum Gasteiger partial charge on any atom is -0.488 e. The van der Waals surface area contributed by atoms with Gasteiger partial charge in [0, 0.05) is 5.56 Å². The van der Waals surface area contributed by atoms with Crippen LogP contribution in [0.5, 0.6) is 5.75 Å². The number of hydrogen-bond donors (Lipinski definition) is 0. The summed E-state index contributed by atoms with van der Waals surface area (Å²) in [4.78, 5) is 10.8. The first kappa shape index (κ1) is 13.3. The van der Waals surface area contributed by atoms with E-state index in [9.17, 15) is 9.18 Å². The van der Waals surface area contributed by atoms with E-state index < -0.39 is 11.1 Å². The lowest BCUT2D eigenvalue weighted by molar-refractivity contribution is 0.108. The first-order valence-electron chi connectivity index (χ1n) is 5.89. The van der Waals surface area contributed by atoms with Gasteiger partial charge in [-0.2, -0.15) is 0 Å². The van der Waals surface area contributed by atoms with Crippen LogP contribution in [-0.4, -0.2) is 24.1 Å². The Kier molecular flexibility index (Phi) is 4.19. The van der Waals surface area contributed by atoms with E-state index in [-0.39, 0.29) is 23.5 Å². The van der Waals surface area contributed by atoms with Crippen LogP contribution >= 0.6 is 11.6 Å². The highest BCUT2D eigenvalue weighted by Gasteiger charge is 2.38. The monoisotopic (exact) mass is 272 g/mol. The van der Waals surface area contributed by atoms with E-state index in [1.54, 1.807) is 0 Å². The van der Waals surface area contributed by atoms with Gasteiger partial charge in [0.15, 0.2) is 11.6 Å². The fraction of sp³-hybridized carbons (Fsp3) is 0.462. The van der Waals surface area contributed by atoms with Crippen LogP contribution in [0.25, 0.3) is 0 Å². The first-order chi connectivity index (χ1) is 8.61. The number of rotatable bonds is 6. The molecule has 98 valence electrons. The SMILES string of the molecule is CCC[C@@H]1O[C@H]1COc1ccc(C(=O)Cl)cc1F. The highest BCUT2D eigenvalue weighted by molar-refractivity contribution is 6.67. The fourth-order valence-corrected chi connectivity index (χ4v) is 1.89. The van der Waals surface area contributed by atoms with E-state index in [1.165, 1.54) is 12.1 Å². The maximum absolute atomic E-state index is 13.5. The molecule has 5 heteroatoms. The average molecular weight is 273 g/mol. The van der Waals surface area contributed by atoms with E-state index in [0.29, 0.717) is 6.61 Å². The summed E-state index contributed by atoms with van der Waals surface area (Å²) in [6.07, 6.45) is 2.35. The Morgan fingerprint density at radius 3 is 2.89 bits per heavy atom. The zero-order valence-electron chi connectivity index (χ0n) is 9.99.